The van der Waals surface area contributed by atoms with Gasteiger partial charge < -0.3 is 19.5 Å². The number of amides is 1. The van der Waals surface area contributed by atoms with Gasteiger partial charge in [-0.15, -0.1) is 0 Å². The van der Waals surface area contributed by atoms with Crippen LogP contribution in [0.15, 0.2) is 72.3 Å². The molecule has 3 aromatic rings. The molecule has 1 N–H and O–H groups in total. The minimum atomic E-state index is -4.57. The molecular formula is C28H24F3NO5. The molecule has 1 fully saturated rings. The molecule has 1 aliphatic heterocycles. The molecule has 1 atom stereocenters. The predicted octanol–water partition coefficient (Wildman–Crippen LogP) is 5.65. The van der Waals surface area contributed by atoms with E-state index in [1.807, 2.05) is 0 Å². The molecule has 1 aliphatic rings. The molecule has 1 saturated heterocycles. The molecule has 1 amide bonds. The highest BCUT2D eigenvalue weighted by atomic mass is 19.4. The average molecular weight is 511 g/mol. The summed E-state index contributed by atoms with van der Waals surface area (Å²) < 4.78 is 50.6. The number of benzene rings is 3. The van der Waals surface area contributed by atoms with Crippen LogP contribution in [-0.2, 0) is 22.3 Å². The lowest BCUT2D eigenvalue weighted by Gasteiger charge is -2.26. The highest BCUT2D eigenvalue weighted by Gasteiger charge is 2.46. The Hall–Kier alpha value is -4.27. The van der Waals surface area contributed by atoms with E-state index in [0.29, 0.717) is 11.3 Å². The van der Waals surface area contributed by atoms with Crippen LogP contribution in [0, 0.1) is 6.92 Å². The molecule has 0 aromatic heterocycles. The van der Waals surface area contributed by atoms with Gasteiger partial charge in [0.25, 0.3) is 11.7 Å². The van der Waals surface area contributed by atoms with Crippen LogP contribution < -0.4 is 9.47 Å². The van der Waals surface area contributed by atoms with E-state index in [-0.39, 0.29) is 29.0 Å². The topological polar surface area (TPSA) is 76.1 Å². The van der Waals surface area contributed by atoms with Gasteiger partial charge in [-0.25, -0.2) is 0 Å². The van der Waals surface area contributed by atoms with Gasteiger partial charge in [0.15, 0.2) is 0 Å². The molecule has 3 aromatic carbocycles. The molecule has 0 bridgehead atoms. The van der Waals surface area contributed by atoms with Gasteiger partial charge >= 0.3 is 6.18 Å². The first-order valence-electron chi connectivity index (χ1n) is 11.3. The highest BCUT2D eigenvalue weighted by molar-refractivity contribution is 6.46. The van der Waals surface area contributed by atoms with Crippen LogP contribution in [0.25, 0.3) is 5.76 Å². The fraction of sp³-hybridized carbons (Fsp3) is 0.214. The largest absolute Gasteiger partial charge is 0.507 e. The van der Waals surface area contributed by atoms with Crippen LogP contribution >= 0.6 is 0 Å². The minimum Gasteiger partial charge on any atom is -0.507 e. The number of ether oxygens (including phenoxy) is 2. The van der Waals surface area contributed by atoms with Crippen LogP contribution in [0.4, 0.5) is 13.2 Å². The summed E-state index contributed by atoms with van der Waals surface area (Å²) in [5.41, 5.74) is 0.542. The van der Waals surface area contributed by atoms with Crippen LogP contribution in [0.3, 0.4) is 0 Å². The van der Waals surface area contributed by atoms with Crippen molar-refractivity contribution in [3.8, 4) is 11.5 Å². The first-order chi connectivity index (χ1) is 17.5. The number of hydrogen-bond donors (Lipinski definition) is 1. The first kappa shape index (κ1) is 25.8. The lowest BCUT2D eigenvalue weighted by atomic mass is 9.94. The van der Waals surface area contributed by atoms with E-state index in [2.05, 4.69) is 0 Å². The molecule has 9 heteroatoms. The second kappa shape index (κ2) is 10.0. The number of Topliss-reactive ketones (excluding diaryl/α,β-unsaturated/α-hetero) is 1. The summed E-state index contributed by atoms with van der Waals surface area (Å²) in [4.78, 5) is 27.7. The van der Waals surface area contributed by atoms with E-state index >= 15 is 0 Å². The van der Waals surface area contributed by atoms with Crippen molar-refractivity contribution in [2.75, 3.05) is 14.2 Å². The number of alkyl halides is 3. The Morgan fingerprint density at radius 2 is 1.70 bits per heavy atom. The Bertz CT molecular complexity index is 1400. The summed E-state index contributed by atoms with van der Waals surface area (Å²) in [5, 5.41) is 11.4. The summed E-state index contributed by atoms with van der Waals surface area (Å²) in [6.45, 7) is 1.50. The van der Waals surface area contributed by atoms with E-state index in [9.17, 15) is 27.9 Å². The van der Waals surface area contributed by atoms with Gasteiger partial charge in [0.2, 0.25) is 0 Å². The van der Waals surface area contributed by atoms with Crippen LogP contribution in [0.5, 0.6) is 11.5 Å². The summed E-state index contributed by atoms with van der Waals surface area (Å²) in [7, 11) is 2.86. The third-order valence-electron chi connectivity index (χ3n) is 6.17. The smallest absolute Gasteiger partial charge is 0.416 e. The number of rotatable bonds is 6. The number of ketones is 1. The number of hydrogen-bond acceptors (Lipinski definition) is 5. The van der Waals surface area contributed by atoms with E-state index in [1.165, 1.54) is 26.4 Å². The van der Waals surface area contributed by atoms with Crippen molar-refractivity contribution < 1.29 is 37.3 Å². The second-order valence-electron chi connectivity index (χ2n) is 8.61. The number of aryl methyl sites for hydroxylation is 1. The van der Waals surface area contributed by atoms with Crippen molar-refractivity contribution in [2.45, 2.75) is 25.7 Å². The maximum absolute atomic E-state index is 13.3. The van der Waals surface area contributed by atoms with Crippen molar-refractivity contribution in [1.82, 2.24) is 4.90 Å². The van der Waals surface area contributed by atoms with E-state index < -0.39 is 35.2 Å². The maximum atomic E-state index is 13.3. The number of methoxy groups -OCH3 is 2. The normalized spacial score (nSPS) is 17.2. The Kier molecular flexibility index (Phi) is 6.98. The number of halogens is 3. The minimum absolute atomic E-state index is 0.178. The standard InChI is InChI=1S/C28H24F3NO5/c1-16-10-11-22(37-3)21(12-16)25(33)23-24(18-7-5-9-20(14-18)36-2)32(27(35)26(23)34)15-17-6-4-8-19(13-17)28(29,30)31/h4-14,24,33H,15H2,1-3H3/b25-23+. The van der Waals surface area contributed by atoms with Crippen molar-refractivity contribution in [1.29, 1.82) is 0 Å². The fourth-order valence-corrected chi connectivity index (χ4v) is 4.40. The van der Waals surface area contributed by atoms with Gasteiger partial charge in [0.05, 0.1) is 37.0 Å². The number of aliphatic hydroxyl groups excluding tert-OH is 1. The van der Waals surface area contributed by atoms with E-state index in [4.69, 9.17) is 9.47 Å². The molecule has 4 rings (SSSR count). The van der Waals surface area contributed by atoms with E-state index in [1.54, 1.807) is 49.4 Å². The predicted molar refractivity (Wildman–Crippen MR) is 130 cm³/mol. The molecule has 0 saturated carbocycles. The van der Waals surface area contributed by atoms with Gasteiger partial charge in [-0.1, -0.05) is 35.9 Å². The van der Waals surface area contributed by atoms with Gasteiger partial charge in [-0.05, 0) is 54.4 Å². The summed E-state index contributed by atoms with van der Waals surface area (Å²) >= 11 is 0. The van der Waals surface area contributed by atoms with Gasteiger partial charge in [-0.2, -0.15) is 13.2 Å². The van der Waals surface area contributed by atoms with Gasteiger partial charge in [0, 0.05) is 6.54 Å². The van der Waals surface area contributed by atoms with Crippen molar-refractivity contribution in [3.63, 3.8) is 0 Å². The van der Waals surface area contributed by atoms with Crippen LogP contribution in [-0.4, -0.2) is 35.9 Å². The molecule has 6 nitrogen and oxygen atoms in total. The Balaban J connectivity index is 1.90. The van der Waals surface area contributed by atoms with Crippen LogP contribution in [0.2, 0.25) is 0 Å². The SMILES string of the molecule is COc1cccc(C2/C(=C(\O)c3cc(C)ccc3OC)C(=O)C(=O)N2Cc2cccc(C(F)(F)F)c2)c1. The van der Waals surface area contributed by atoms with Crippen molar-refractivity contribution in [3.05, 3.63) is 100 Å². The molecule has 1 unspecified atom stereocenters. The number of carbonyl (C=O) groups excluding carboxylic acids is 2. The molecule has 192 valence electrons. The molecule has 1 heterocycles. The quantitative estimate of drug-likeness (QED) is 0.263. The number of nitrogens with zero attached hydrogens (tertiary/aromatic N) is 1. The third-order valence-corrected chi connectivity index (χ3v) is 6.17. The zero-order chi connectivity index (χ0) is 26.9. The third kappa shape index (κ3) is 5.02. The summed E-state index contributed by atoms with van der Waals surface area (Å²) in [6, 6.07) is 15.1. The lowest BCUT2D eigenvalue weighted by molar-refractivity contribution is -0.140. The Labute approximate surface area is 211 Å². The van der Waals surface area contributed by atoms with Gasteiger partial charge in [0.1, 0.15) is 17.3 Å². The monoisotopic (exact) mass is 511 g/mol. The van der Waals surface area contributed by atoms with E-state index in [0.717, 1.165) is 22.6 Å². The lowest BCUT2D eigenvalue weighted by Crippen LogP contribution is -2.29. The zero-order valence-electron chi connectivity index (χ0n) is 20.3. The number of carbonyl (C=O) groups is 2. The first-order valence-corrected chi connectivity index (χ1v) is 11.3. The van der Waals surface area contributed by atoms with Crippen LogP contribution in [0.1, 0.15) is 33.9 Å². The second-order valence-corrected chi connectivity index (χ2v) is 8.61. The molecule has 0 radical (unpaired) electrons. The molecular weight excluding hydrogens is 487 g/mol. The number of aliphatic hydroxyl groups is 1. The summed E-state index contributed by atoms with van der Waals surface area (Å²) in [6.07, 6.45) is -4.57. The zero-order valence-corrected chi connectivity index (χ0v) is 20.3. The maximum Gasteiger partial charge on any atom is 0.416 e. The molecule has 0 spiro atoms. The Morgan fingerprint density at radius 1 is 0.973 bits per heavy atom. The van der Waals surface area contributed by atoms with Gasteiger partial charge in [-0.3, -0.25) is 9.59 Å². The fourth-order valence-electron chi connectivity index (χ4n) is 4.40. The summed E-state index contributed by atoms with van der Waals surface area (Å²) in [5.74, 6) is -1.62. The molecule has 0 aliphatic carbocycles. The highest BCUT2D eigenvalue weighted by Crippen LogP contribution is 2.42. The Morgan fingerprint density at radius 3 is 2.38 bits per heavy atom. The number of likely N-dealkylation sites (tertiary alicyclic amines) is 1. The van der Waals surface area contributed by atoms with Crippen molar-refractivity contribution >= 4 is 17.4 Å². The van der Waals surface area contributed by atoms with Crippen molar-refractivity contribution in [2.24, 2.45) is 0 Å². The molecule has 37 heavy (non-hydrogen) atoms. The average Bonchev–Trinajstić information content (AvgIpc) is 3.13.